The van der Waals surface area contributed by atoms with Crippen molar-refractivity contribution in [1.82, 2.24) is 10.3 Å². The monoisotopic (exact) mass is 450 g/mol. The van der Waals surface area contributed by atoms with Gasteiger partial charge in [-0.25, -0.2) is 0 Å². The minimum absolute atomic E-state index is 0.111. The first-order valence-electron chi connectivity index (χ1n) is 10.3. The molecule has 2 amide bonds. The number of amides is 2. The fourth-order valence-corrected chi connectivity index (χ4v) is 3.79. The van der Waals surface area contributed by atoms with E-state index in [9.17, 15) is 9.59 Å². The van der Waals surface area contributed by atoms with Crippen LogP contribution in [0.15, 0.2) is 67.0 Å². The van der Waals surface area contributed by atoms with E-state index in [4.69, 9.17) is 22.1 Å². The maximum atomic E-state index is 12.8. The number of hydrogen-bond acceptors (Lipinski definition) is 5. The van der Waals surface area contributed by atoms with Gasteiger partial charge in [0.1, 0.15) is 5.75 Å². The van der Waals surface area contributed by atoms with E-state index < -0.39 is 6.04 Å². The smallest absolute Gasteiger partial charge is 0.255 e. The van der Waals surface area contributed by atoms with Gasteiger partial charge in [-0.05, 0) is 54.4 Å². The zero-order valence-corrected chi connectivity index (χ0v) is 18.0. The van der Waals surface area contributed by atoms with Crippen molar-refractivity contribution in [2.24, 2.45) is 5.73 Å². The molecule has 0 spiro atoms. The lowest BCUT2D eigenvalue weighted by atomic mass is 9.92. The van der Waals surface area contributed by atoms with Crippen molar-refractivity contribution in [3.63, 3.8) is 0 Å². The third-order valence-electron chi connectivity index (χ3n) is 5.36. The van der Waals surface area contributed by atoms with Crippen LogP contribution in [-0.4, -0.2) is 29.9 Å². The molecule has 4 rings (SSSR count). The number of ether oxygens (including phenoxy) is 1. The number of aromatic nitrogens is 1. The molecule has 1 aliphatic heterocycles. The Morgan fingerprint density at radius 2 is 1.88 bits per heavy atom. The van der Waals surface area contributed by atoms with Gasteiger partial charge in [-0.2, -0.15) is 0 Å². The van der Waals surface area contributed by atoms with Crippen LogP contribution in [0.25, 0.3) is 0 Å². The molecule has 1 aromatic heterocycles. The standard InChI is InChI=1S/C24H23ClN4O3/c25-17-5-6-22-20(13-17)19(9-12-32-22)24(31)28-14-21(26)15-1-3-16(4-2-15)23(30)29-18-7-10-27-11-8-18/h1-8,10-11,13,19,21H,9,12,14,26H2,(H,28,31)(H,27,29,30). The zero-order chi connectivity index (χ0) is 22.5. The summed E-state index contributed by atoms with van der Waals surface area (Å²) in [6.07, 6.45) is 3.80. The SMILES string of the molecule is NC(CNC(=O)C1CCOc2ccc(Cl)cc21)c1ccc(C(=O)Nc2ccncc2)cc1. The number of pyridine rings is 1. The van der Waals surface area contributed by atoms with Crippen LogP contribution in [0.1, 0.15) is 39.9 Å². The first-order valence-corrected chi connectivity index (χ1v) is 10.7. The van der Waals surface area contributed by atoms with Crippen molar-refractivity contribution in [3.8, 4) is 5.75 Å². The van der Waals surface area contributed by atoms with Gasteiger partial charge < -0.3 is 21.1 Å². The largest absolute Gasteiger partial charge is 0.493 e. The second-order valence-electron chi connectivity index (χ2n) is 7.54. The molecule has 0 radical (unpaired) electrons. The normalized spacial score (nSPS) is 15.8. The van der Waals surface area contributed by atoms with Crippen molar-refractivity contribution in [1.29, 1.82) is 0 Å². The Morgan fingerprint density at radius 3 is 2.62 bits per heavy atom. The van der Waals surface area contributed by atoms with E-state index in [1.165, 1.54) is 0 Å². The van der Waals surface area contributed by atoms with E-state index in [1.54, 1.807) is 67.0 Å². The number of halogens is 1. The second kappa shape index (κ2) is 9.80. The molecule has 2 heterocycles. The number of rotatable bonds is 6. The lowest BCUT2D eigenvalue weighted by Gasteiger charge is -2.26. The molecule has 0 saturated heterocycles. The average molecular weight is 451 g/mol. The number of nitrogens with one attached hydrogen (secondary N) is 2. The summed E-state index contributed by atoms with van der Waals surface area (Å²) in [6.45, 7) is 0.746. The molecular formula is C24H23ClN4O3. The van der Waals surface area contributed by atoms with Crippen molar-refractivity contribution in [3.05, 3.63) is 88.7 Å². The first kappa shape index (κ1) is 21.8. The number of carbonyl (C=O) groups is 2. The van der Waals surface area contributed by atoms with E-state index >= 15 is 0 Å². The lowest BCUT2D eigenvalue weighted by Crippen LogP contribution is -2.36. The molecule has 0 fully saturated rings. The summed E-state index contributed by atoms with van der Waals surface area (Å²) in [7, 11) is 0. The number of nitrogens with zero attached hydrogens (tertiary/aromatic N) is 1. The molecule has 0 saturated carbocycles. The lowest BCUT2D eigenvalue weighted by molar-refractivity contribution is -0.123. The van der Waals surface area contributed by atoms with Crippen LogP contribution in [-0.2, 0) is 4.79 Å². The fourth-order valence-electron chi connectivity index (χ4n) is 3.61. The van der Waals surface area contributed by atoms with Crippen LogP contribution >= 0.6 is 11.6 Å². The fraction of sp³-hybridized carbons (Fsp3) is 0.208. The van der Waals surface area contributed by atoms with E-state index in [0.717, 1.165) is 11.1 Å². The van der Waals surface area contributed by atoms with Gasteiger partial charge in [0.15, 0.2) is 0 Å². The van der Waals surface area contributed by atoms with E-state index in [2.05, 4.69) is 15.6 Å². The van der Waals surface area contributed by atoms with Crippen LogP contribution in [0, 0.1) is 0 Å². The van der Waals surface area contributed by atoms with Gasteiger partial charge in [-0.15, -0.1) is 0 Å². The maximum absolute atomic E-state index is 12.8. The molecule has 4 N–H and O–H groups in total. The minimum Gasteiger partial charge on any atom is -0.493 e. The highest BCUT2D eigenvalue weighted by molar-refractivity contribution is 6.30. The Hall–Kier alpha value is -3.42. The van der Waals surface area contributed by atoms with Crippen molar-refractivity contribution in [2.75, 3.05) is 18.5 Å². The Labute approximate surface area is 190 Å². The van der Waals surface area contributed by atoms with Gasteiger partial charge in [0.05, 0.1) is 12.5 Å². The third kappa shape index (κ3) is 5.07. The highest BCUT2D eigenvalue weighted by Gasteiger charge is 2.28. The Morgan fingerprint density at radius 1 is 1.12 bits per heavy atom. The van der Waals surface area contributed by atoms with Crippen LogP contribution in [0.2, 0.25) is 5.02 Å². The van der Waals surface area contributed by atoms with Crippen LogP contribution in [0.4, 0.5) is 5.69 Å². The maximum Gasteiger partial charge on any atom is 0.255 e. The van der Waals surface area contributed by atoms with Gasteiger partial charge in [-0.3, -0.25) is 14.6 Å². The third-order valence-corrected chi connectivity index (χ3v) is 5.60. The number of fused-ring (bicyclic) bond motifs is 1. The van der Waals surface area contributed by atoms with Crippen molar-refractivity contribution >= 4 is 29.1 Å². The number of benzene rings is 2. The van der Waals surface area contributed by atoms with E-state index in [0.29, 0.717) is 35.1 Å². The van der Waals surface area contributed by atoms with Gasteiger partial charge >= 0.3 is 0 Å². The summed E-state index contributed by atoms with van der Waals surface area (Å²) in [6, 6.07) is 15.3. The molecule has 0 aliphatic carbocycles. The molecular weight excluding hydrogens is 428 g/mol. The Kier molecular flexibility index (Phi) is 6.68. The summed E-state index contributed by atoms with van der Waals surface area (Å²) in [5, 5.41) is 6.31. The highest BCUT2D eigenvalue weighted by atomic mass is 35.5. The number of anilines is 1. The molecule has 2 aromatic carbocycles. The molecule has 0 bridgehead atoms. The topological polar surface area (TPSA) is 106 Å². The minimum atomic E-state index is -0.407. The molecule has 1 aliphatic rings. The summed E-state index contributed by atoms with van der Waals surface area (Å²) in [5.41, 5.74) is 9.07. The molecule has 2 atom stereocenters. The number of nitrogens with two attached hydrogens (primary N) is 1. The molecule has 7 nitrogen and oxygen atoms in total. The predicted molar refractivity (Wildman–Crippen MR) is 123 cm³/mol. The van der Waals surface area contributed by atoms with Gasteiger partial charge in [-0.1, -0.05) is 23.7 Å². The van der Waals surface area contributed by atoms with Crippen LogP contribution in [0.5, 0.6) is 5.75 Å². The molecule has 164 valence electrons. The molecule has 2 unspecified atom stereocenters. The molecule has 3 aromatic rings. The number of carbonyl (C=O) groups excluding carboxylic acids is 2. The quantitative estimate of drug-likeness (QED) is 0.531. The highest BCUT2D eigenvalue weighted by Crippen LogP contribution is 2.35. The summed E-state index contributed by atoms with van der Waals surface area (Å²) in [5.74, 6) is 0.0247. The summed E-state index contributed by atoms with van der Waals surface area (Å²) < 4.78 is 5.62. The van der Waals surface area contributed by atoms with E-state index in [1.807, 2.05) is 0 Å². The Bertz CT molecular complexity index is 1110. The average Bonchev–Trinajstić information content (AvgIpc) is 2.82. The summed E-state index contributed by atoms with van der Waals surface area (Å²) >= 11 is 6.10. The second-order valence-corrected chi connectivity index (χ2v) is 7.97. The van der Waals surface area contributed by atoms with Crippen molar-refractivity contribution < 1.29 is 14.3 Å². The van der Waals surface area contributed by atoms with Crippen molar-refractivity contribution in [2.45, 2.75) is 18.4 Å². The van der Waals surface area contributed by atoms with Gasteiger partial charge in [0.2, 0.25) is 5.91 Å². The van der Waals surface area contributed by atoms with Crippen LogP contribution in [0.3, 0.4) is 0 Å². The summed E-state index contributed by atoms with van der Waals surface area (Å²) in [4.78, 5) is 29.1. The van der Waals surface area contributed by atoms with Gasteiger partial charge in [0.25, 0.3) is 5.91 Å². The number of hydrogen-bond donors (Lipinski definition) is 3. The zero-order valence-electron chi connectivity index (χ0n) is 17.3. The van der Waals surface area contributed by atoms with Gasteiger partial charge in [0, 0.05) is 46.8 Å². The molecule has 8 heteroatoms. The predicted octanol–water partition coefficient (Wildman–Crippen LogP) is 3.67. The Balaban J connectivity index is 1.34. The van der Waals surface area contributed by atoms with E-state index in [-0.39, 0.29) is 24.3 Å². The first-order chi connectivity index (χ1) is 15.5. The molecule has 32 heavy (non-hydrogen) atoms. The van der Waals surface area contributed by atoms with Crippen LogP contribution < -0.4 is 21.1 Å².